The molecule has 0 atom stereocenters. The van der Waals surface area contributed by atoms with Crippen LogP contribution in [0.5, 0.6) is 0 Å². The smallest absolute Gasteiger partial charge is 0.341 e. The average molecular weight is 349 g/mol. The number of benzene rings is 1. The van der Waals surface area contributed by atoms with Crippen LogP contribution in [-0.4, -0.2) is 30.7 Å². The van der Waals surface area contributed by atoms with Crippen molar-refractivity contribution in [3.8, 4) is 0 Å². The first kappa shape index (κ1) is 16.4. The minimum Gasteiger partial charge on any atom is -0.440 e. The molecular formula is C14H11N3O8. The topological polar surface area (TPSA) is 139 Å². The number of ether oxygens (including phenoxy) is 2. The number of nitrogens with zero attached hydrogens (tertiary/aromatic N) is 3. The largest absolute Gasteiger partial charge is 0.440 e. The molecule has 25 heavy (non-hydrogen) atoms. The van der Waals surface area contributed by atoms with Crippen molar-refractivity contribution in [3.05, 3.63) is 66.8 Å². The number of esters is 2. The molecule has 11 nitrogen and oxygen atoms in total. The van der Waals surface area contributed by atoms with Gasteiger partial charge in [0, 0.05) is 0 Å². The first-order chi connectivity index (χ1) is 12.0. The zero-order valence-electron chi connectivity index (χ0n) is 12.6. The second kappa shape index (κ2) is 6.20. The van der Waals surface area contributed by atoms with E-state index in [9.17, 15) is 24.0 Å². The van der Waals surface area contributed by atoms with Gasteiger partial charge in [-0.2, -0.15) is 0 Å². The summed E-state index contributed by atoms with van der Waals surface area (Å²) in [5, 5.41) is 9.17. The maximum Gasteiger partial charge on any atom is 0.341 e. The molecule has 11 heteroatoms. The highest BCUT2D eigenvalue weighted by molar-refractivity contribution is 6.03. The fraction of sp³-hybridized carbons (Fsp3) is 0.214. The van der Waals surface area contributed by atoms with E-state index in [0.717, 1.165) is 0 Å². The first-order valence-electron chi connectivity index (χ1n) is 6.94. The van der Waals surface area contributed by atoms with Crippen LogP contribution in [0.15, 0.2) is 38.6 Å². The van der Waals surface area contributed by atoms with Crippen molar-refractivity contribution in [2.75, 3.05) is 0 Å². The zero-order valence-corrected chi connectivity index (χ0v) is 12.6. The van der Waals surface area contributed by atoms with Crippen LogP contribution in [0.4, 0.5) is 0 Å². The van der Waals surface area contributed by atoms with Crippen molar-refractivity contribution in [3.63, 3.8) is 0 Å². The summed E-state index contributed by atoms with van der Waals surface area (Å²) in [6, 6.07) is 5.60. The summed E-state index contributed by atoms with van der Waals surface area (Å²) in [4.78, 5) is 60.7. The molecule has 2 bridgehead atoms. The Balaban J connectivity index is 2.22. The zero-order chi connectivity index (χ0) is 18.1. The number of fused-ring (bicyclic) bond motifs is 3. The summed E-state index contributed by atoms with van der Waals surface area (Å²) in [5.41, 5.74) is -3.72. The van der Waals surface area contributed by atoms with Gasteiger partial charge in [0.1, 0.15) is 6.73 Å². The number of aliphatic hydroxyl groups excluding tert-OH is 1. The van der Waals surface area contributed by atoms with Gasteiger partial charge in [0.15, 0.2) is 13.5 Å². The van der Waals surface area contributed by atoms with Crippen LogP contribution in [0.1, 0.15) is 20.7 Å². The molecule has 1 aliphatic rings. The number of hydrogen-bond acceptors (Lipinski definition) is 8. The van der Waals surface area contributed by atoms with E-state index in [0.29, 0.717) is 13.7 Å². The molecule has 1 aliphatic heterocycles. The van der Waals surface area contributed by atoms with Crippen molar-refractivity contribution >= 4 is 11.9 Å². The fourth-order valence-electron chi connectivity index (χ4n) is 2.27. The van der Waals surface area contributed by atoms with E-state index >= 15 is 0 Å². The van der Waals surface area contributed by atoms with Gasteiger partial charge >= 0.3 is 29.0 Å². The molecule has 1 aromatic heterocycles. The van der Waals surface area contributed by atoms with E-state index in [2.05, 4.69) is 0 Å². The van der Waals surface area contributed by atoms with Gasteiger partial charge in [-0.3, -0.25) is 0 Å². The predicted octanol–water partition coefficient (Wildman–Crippen LogP) is -1.94. The van der Waals surface area contributed by atoms with Crippen molar-refractivity contribution in [2.24, 2.45) is 0 Å². The van der Waals surface area contributed by atoms with Crippen LogP contribution in [-0.2, 0) is 29.7 Å². The van der Waals surface area contributed by atoms with Gasteiger partial charge in [0.2, 0.25) is 0 Å². The Bertz CT molecular complexity index is 968. The third-order valence-corrected chi connectivity index (χ3v) is 3.54. The van der Waals surface area contributed by atoms with Gasteiger partial charge < -0.3 is 14.6 Å². The average Bonchev–Trinajstić information content (AvgIpc) is 2.62. The Hall–Kier alpha value is -3.47. The van der Waals surface area contributed by atoms with Crippen molar-refractivity contribution < 1.29 is 24.2 Å². The van der Waals surface area contributed by atoms with Crippen molar-refractivity contribution in [1.29, 1.82) is 0 Å². The number of carbonyl (C=O) groups excluding carboxylic acids is 2. The SMILES string of the molecule is O=C1OCn2c(=O)n(CO)c(=O)n(c2=O)COC(=O)c2ccccc21. The Labute approximate surface area is 137 Å². The lowest BCUT2D eigenvalue weighted by molar-refractivity contribution is 0.0330. The van der Waals surface area contributed by atoms with Crippen LogP contribution in [0.25, 0.3) is 0 Å². The molecule has 1 aromatic carbocycles. The van der Waals surface area contributed by atoms with Gasteiger partial charge in [-0.25, -0.2) is 37.7 Å². The monoisotopic (exact) mass is 349 g/mol. The van der Waals surface area contributed by atoms with Gasteiger partial charge in [0.05, 0.1) is 11.1 Å². The maximum atomic E-state index is 12.2. The second-order valence-electron chi connectivity index (χ2n) is 4.94. The molecule has 0 spiro atoms. The summed E-state index contributed by atoms with van der Waals surface area (Å²) in [6.45, 7) is -2.63. The van der Waals surface area contributed by atoms with E-state index in [-0.39, 0.29) is 11.1 Å². The highest BCUT2D eigenvalue weighted by Crippen LogP contribution is 2.12. The van der Waals surface area contributed by atoms with Crippen LogP contribution in [0.2, 0.25) is 0 Å². The molecule has 2 aromatic rings. The lowest BCUT2D eigenvalue weighted by Gasteiger charge is -2.11. The Morgan fingerprint density at radius 1 is 0.800 bits per heavy atom. The molecule has 3 rings (SSSR count). The summed E-state index contributed by atoms with van der Waals surface area (Å²) >= 11 is 0. The van der Waals surface area contributed by atoms with E-state index in [1.165, 1.54) is 24.3 Å². The maximum absolute atomic E-state index is 12.2. The molecule has 2 heterocycles. The summed E-state index contributed by atoms with van der Waals surface area (Å²) in [6.07, 6.45) is 0. The van der Waals surface area contributed by atoms with Crippen LogP contribution in [0.3, 0.4) is 0 Å². The summed E-state index contributed by atoms with van der Waals surface area (Å²) in [7, 11) is 0. The first-order valence-corrected chi connectivity index (χ1v) is 6.94. The van der Waals surface area contributed by atoms with Crippen LogP contribution in [0, 0.1) is 0 Å². The third-order valence-electron chi connectivity index (χ3n) is 3.54. The van der Waals surface area contributed by atoms with Crippen LogP contribution < -0.4 is 17.1 Å². The third kappa shape index (κ3) is 2.65. The highest BCUT2D eigenvalue weighted by Gasteiger charge is 2.23. The molecule has 0 saturated carbocycles. The molecular weight excluding hydrogens is 338 g/mol. The second-order valence-corrected chi connectivity index (χ2v) is 4.94. The summed E-state index contributed by atoms with van der Waals surface area (Å²) < 4.78 is 11.0. The van der Waals surface area contributed by atoms with Gasteiger partial charge in [0.25, 0.3) is 0 Å². The molecule has 0 unspecified atom stereocenters. The molecule has 130 valence electrons. The summed E-state index contributed by atoms with van der Waals surface area (Å²) in [5.74, 6) is -1.93. The van der Waals surface area contributed by atoms with Gasteiger partial charge in [-0.1, -0.05) is 12.1 Å². The molecule has 1 N–H and O–H groups in total. The molecule has 0 aliphatic carbocycles. The number of hydrogen-bond donors (Lipinski definition) is 1. The fourth-order valence-corrected chi connectivity index (χ4v) is 2.27. The van der Waals surface area contributed by atoms with E-state index < -0.39 is 49.2 Å². The Morgan fingerprint density at radius 3 is 1.64 bits per heavy atom. The number of aliphatic hydroxyl groups is 1. The standard InChI is InChI=1S/C14H11N3O8/c18-5-15-12(21)16-6-24-10(19)8-3-1-2-4-9(8)11(20)25-7-17(13(15)22)14(16)23/h1-4,18H,5-7H2. The molecule has 0 fully saturated rings. The minimum absolute atomic E-state index is 0.120. The predicted molar refractivity (Wildman–Crippen MR) is 78.7 cm³/mol. The highest BCUT2D eigenvalue weighted by atomic mass is 16.6. The van der Waals surface area contributed by atoms with Gasteiger partial charge in [-0.05, 0) is 12.1 Å². The lowest BCUT2D eigenvalue weighted by Crippen LogP contribution is -2.55. The van der Waals surface area contributed by atoms with E-state index in [1.54, 1.807) is 0 Å². The number of rotatable bonds is 1. The van der Waals surface area contributed by atoms with E-state index in [1.807, 2.05) is 0 Å². The van der Waals surface area contributed by atoms with E-state index in [4.69, 9.17) is 14.6 Å². The Morgan fingerprint density at radius 2 is 1.24 bits per heavy atom. The van der Waals surface area contributed by atoms with Crippen molar-refractivity contribution in [2.45, 2.75) is 20.2 Å². The quantitative estimate of drug-likeness (QED) is 0.587. The molecule has 0 amide bonds. The number of aromatic nitrogens is 3. The number of cyclic esters (lactones) is 2. The van der Waals surface area contributed by atoms with Crippen molar-refractivity contribution in [1.82, 2.24) is 13.7 Å². The molecule has 0 radical (unpaired) electrons. The minimum atomic E-state index is -1.17. The lowest BCUT2D eigenvalue weighted by atomic mass is 10.1. The number of carbonyl (C=O) groups is 2. The normalized spacial score (nSPS) is 14.1. The van der Waals surface area contributed by atoms with Gasteiger partial charge in [-0.15, -0.1) is 0 Å². The Kier molecular flexibility index (Phi) is 4.07. The van der Waals surface area contributed by atoms with Crippen LogP contribution >= 0.6 is 0 Å². The molecule has 0 saturated heterocycles.